The summed E-state index contributed by atoms with van der Waals surface area (Å²) in [4.78, 5) is 39.3. The maximum absolute atomic E-state index is 13.8. The Balaban J connectivity index is 1.69. The molecule has 0 spiro atoms. The maximum Gasteiger partial charge on any atom is 0.272 e. The standard InChI is InChI=1S/C30H33N3O6S/c1-20(34)31-27-12-5-6-14-29(27)40(37,38)33(21(2)35)24-16-15-23-10-8-13-28(26(23)19-24)32(3)30(36)18-22-9-7-11-25(17-22)39-4/h5-7,9,11-12,14-17,19,28H,8,10,13,18H2,1-4H3,(H,31,34). The second kappa shape index (κ2) is 11.9. The summed E-state index contributed by atoms with van der Waals surface area (Å²) in [6.07, 6.45) is 2.54. The highest BCUT2D eigenvalue weighted by molar-refractivity contribution is 7.93. The Kier molecular flexibility index (Phi) is 8.58. The molecule has 1 aliphatic rings. The molecule has 0 bridgehead atoms. The lowest BCUT2D eigenvalue weighted by molar-refractivity contribution is -0.131. The van der Waals surface area contributed by atoms with Gasteiger partial charge in [0.15, 0.2) is 0 Å². The summed E-state index contributed by atoms with van der Waals surface area (Å²) >= 11 is 0. The summed E-state index contributed by atoms with van der Waals surface area (Å²) in [6.45, 7) is 2.46. The molecule has 1 unspecified atom stereocenters. The van der Waals surface area contributed by atoms with E-state index in [0.717, 1.165) is 33.8 Å². The first kappa shape index (κ1) is 28.8. The normalized spacial score (nSPS) is 14.6. The zero-order valence-electron chi connectivity index (χ0n) is 23.0. The molecule has 3 aromatic rings. The number of hydrogen-bond donors (Lipinski definition) is 1. The van der Waals surface area contributed by atoms with Crippen LogP contribution in [0, 0.1) is 0 Å². The van der Waals surface area contributed by atoms with E-state index in [-0.39, 0.29) is 34.6 Å². The van der Waals surface area contributed by atoms with E-state index in [0.29, 0.717) is 12.2 Å². The van der Waals surface area contributed by atoms with Gasteiger partial charge in [-0.05, 0) is 72.4 Å². The van der Waals surface area contributed by atoms with Gasteiger partial charge in [0.2, 0.25) is 17.7 Å². The fourth-order valence-electron chi connectivity index (χ4n) is 5.12. The predicted molar refractivity (Wildman–Crippen MR) is 153 cm³/mol. The van der Waals surface area contributed by atoms with E-state index in [2.05, 4.69) is 5.32 Å². The molecule has 0 saturated carbocycles. The Morgan fingerprint density at radius 1 is 1.00 bits per heavy atom. The fourth-order valence-corrected chi connectivity index (χ4v) is 6.69. The molecule has 4 rings (SSSR count). The largest absolute Gasteiger partial charge is 0.497 e. The number of sulfonamides is 1. The van der Waals surface area contributed by atoms with Crippen LogP contribution in [-0.4, -0.2) is 45.2 Å². The fraction of sp³-hybridized carbons (Fsp3) is 0.300. The van der Waals surface area contributed by atoms with Crippen molar-refractivity contribution in [1.82, 2.24) is 4.90 Å². The highest BCUT2D eigenvalue weighted by Crippen LogP contribution is 2.38. The van der Waals surface area contributed by atoms with Crippen LogP contribution in [0.1, 0.15) is 49.4 Å². The molecule has 0 fully saturated rings. The van der Waals surface area contributed by atoms with Crippen molar-refractivity contribution in [2.45, 2.75) is 50.5 Å². The van der Waals surface area contributed by atoms with Gasteiger partial charge >= 0.3 is 0 Å². The van der Waals surface area contributed by atoms with Crippen LogP contribution in [0.15, 0.2) is 71.6 Å². The molecule has 10 heteroatoms. The highest BCUT2D eigenvalue weighted by atomic mass is 32.2. The van der Waals surface area contributed by atoms with Gasteiger partial charge in [0, 0.05) is 20.9 Å². The Bertz CT molecular complexity index is 1550. The SMILES string of the molecule is COc1cccc(CC(=O)N(C)C2CCCc3ccc(N(C(C)=O)S(=O)(=O)c4ccccc4NC(C)=O)cc32)c1. The van der Waals surface area contributed by atoms with Crippen molar-refractivity contribution in [2.24, 2.45) is 0 Å². The van der Waals surface area contributed by atoms with E-state index < -0.39 is 21.8 Å². The Morgan fingerprint density at radius 2 is 1.75 bits per heavy atom. The summed E-state index contributed by atoms with van der Waals surface area (Å²) in [6, 6.07) is 18.1. The van der Waals surface area contributed by atoms with E-state index in [9.17, 15) is 22.8 Å². The van der Waals surface area contributed by atoms with Crippen molar-refractivity contribution in [3.8, 4) is 5.75 Å². The molecular weight excluding hydrogens is 530 g/mol. The third kappa shape index (κ3) is 6.02. The number of aryl methyl sites for hydroxylation is 1. The van der Waals surface area contributed by atoms with Gasteiger partial charge in [0.1, 0.15) is 10.6 Å². The lowest BCUT2D eigenvalue weighted by Crippen LogP contribution is -2.37. The summed E-state index contributed by atoms with van der Waals surface area (Å²) in [5, 5.41) is 2.53. The van der Waals surface area contributed by atoms with Crippen LogP contribution in [0.25, 0.3) is 0 Å². The van der Waals surface area contributed by atoms with Crippen LogP contribution in [0.4, 0.5) is 11.4 Å². The molecule has 1 N–H and O–H groups in total. The van der Waals surface area contributed by atoms with E-state index in [1.165, 1.54) is 32.0 Å². The zero-order valence-corrected chi connectivity index (χ0v) is 23.8. The van der Waals surface area contributed by atoms with E-state index in [1.807, 2.05) is 30.3 Å². The predicted octanol–water partition coefficient (Wildman–Crippen LogP) is 4.47. The minimum Gasteiger partial charge on any atom is -0.497 e. The number of amides is 3. The number of hydrogen-bond acceptors (Lipinski definition) is 6. The number of carbonyl (C=O) groups excluding carboxylic acids is 3. The monoisotopic (exact) mass is 563 g/mol. The Hall–Kier alpha value is -4.18. The third-order valence-corrected chi connectivity index (χ3v) is 8.86. The number of ether oxygens (including phenoxy) is 1. The molecule has 3 aromatic carbocycles. The van der Waals surface area contributed by atoms with Crippen LogP contribution >= 0.6 is 0 Å². The number of methoxy groups -OCH3 is 1. The van der Waals surface area contributed by atoms with Crippen LogP contribution in [-0.2, 0) is 37.2 Å². The molecule has 9 nitrogen and oxygen atoms in total. The van der Waals surface area contributed by atoms with Gasteiger partial charge in [-0.25, -0.2) is 12.7 Å². The topological polar surface area (TPSA) is 113 Å². The summed E-state index contributed by atoms with van der Waals surface area (Å²) < 4.78 is 33.6. The first-order chi connectivity index (χ1) is 19.0. The Labute approximate surface area is 234 Å². The van der Waals surface area contributed by atoms with E-state index in [4.69, 9.17) is 4.74 Å². The number of nitrogens with zero attached hydrogens (tertiary/aromatic N) is 2. The molecule has 3 amide bonds. The molecule has 0 aliphatic heterocycles. The number of benzene rings is 3. The lowest BCUT2D eigenvalue weighted by atomic mass is 9.86. The quantitative estimate of drug-likeness (QED) is 0.433. The van der Waals surface area contributed by atoms with Crippen molar-refractivity contribution in [1.29, 1.82) is 0 Å². The molecule has 1 aliphatic carbocycles. The minimum atomic E-state index is -4.38. The molecule has 0 aromatic heterocycles. The lowest BCUT2D eigenvalue weighted by Gasteiger charge is -2.34. The van der Waals surface area contributed by atoms with E-state index in [1.54, 1.807) is 37.3 Å². The molecule has 0 heterocycles. The summed E-state index contributed by atoms with van der Waals surface area (Å²) in [5.41, 5.74) is 2.89. The van der Waals surface area contributed by atoms with Gasteiger partial charge in [-0.15, -0.1) is 0 Å². The Morgan fingerprint density at radius 3 is 2.45 bits per heavy atom. The second-order valence-corrected chi connectivity index (χ2v) is 11.5. The number of fused-ring (bicyclic) bond motifs is 1. The van der Waals surface area contributed by atoms with Crippen molar-refractivity contribution in [2.75, 3.05) is 23.8 Å². The average molecular weight is 564 g/mol. The van der Waals surface area contributed by atoms with Crippen LogP contribution in [0.2, 0.25) is 0 Å². The van der Waals surface area contributed by atoms with Gasteiger partial charge in [-0.3, -0.25) is 14.4 Å². The molecule has 0 saturated heterocycles. The van der Waals surface area contributed by atoms with Gasteiger partial charge in [0.05, 0.1) is 30.9 Å². The first-order valence-corrected chi connectivity index (χ1v) is 14.4. The number of para-hydroxylation sites is 1. The summed E-state index contributed by atoms with van der Waals surface area (Å²) in [7, 11) is -1.06. The van der Waals surface area contributed by atoms with Gasteiger partial charge < -0.3 is 15.0 Å². The highest BCUT2D eigenvalue weighted by Gasteiger charge is 2.33. The van der Waals surface area contributed by atoms with Crippen molar-refractivity contribution >= 4 is 39.1 Å². The number of rotatable bonds is 8. The van der Waals surface area contributed by atoms with Gasteiger partial charge in [-0.2, -0.15) is 0 Å². The number of anilines is 2. The molecule has 0 radical (unpaired) electrons. The van der Waals surface area contributed by atoms with Crippen molar-refractivity contribution in [3.63, 3.8) is 0 Å². The number of nitrogens with one attached hydrogen (secondary N) is 1. The van der Waals surface area contributed by atoms with Gasteiger partial charge in [-0.1, -0.05) is 30.3 Å². The van der Waals surface area contributed by atoms with Crippen molar-refractivity contribution < 1.29 is 27.5 Å². The average Bonchev–Trinajstić information content (AvgIpc) is 2.92. The number of likely N-dealkylation sites (N-methyl/N-ethyl adjacent to an activating group) is 1. The molecule has 1 atom stereocenters. The van der Waals surface area contributed by atoms with E-state index >= 15 is 0 Å². The van der Waals surface area contributed by atoms with Crippen LogP contribution in [0.5, 0.6) is 5.75 Å². The van der Waals surface area contributed by atoms with Crippen molar-refractivity contribution in [3.05, 3.63) is 83.4 Å². The molecule has 210 valence electrons. The second-order valence-electron chi connectivity index (χ2n) is 9.79. The molecular formula is C30H33N3O6S. The van der Waals surface area contributed by atoms with Gasteiger partial charge in [0.25, 0.3) is 10.0 Å². The third-order valence-electron chi connectivity index (χ3n) is 7.00. The van der Waals surface area contributed by atoms with Crippen LogP contribution < -0.4 is 14.4 Å². The summed E-state index contributed by atoms with van der Waals surface area (Å²) in [5.74, 6) is -0.550. The molecule has 40 heavy (non-hydrogen) atoms. The number of carbonyl (C=O) groups is 3. The van der Waals surface area contributed by atoms with Crippen LogP contribution in [0.3, 0.4) is 0 Å². The first-order valence-electron chi connectivity index (χ1n) is 13.0. The zero-order chi connectivity index (χ0) is 29.0. The minimum absolute atomic E-state index is 0.0833. The smallest absolute Gasteiger partial charge is 0.272 e. The maximum atomic E-state index is 13.8.